The highest BCUT2D eigenvalue weighted by atomic mass is 16.4. The van der Waals surface area contributed by atoms with E-state index in [1.165, 1.54) is 32.1 Å². The lowest BCUT2D eigenvalue weighted by molar-refractivity contribution is -0.135. The number of carboxylic acids is 1. The highest BCUT2D eigenvalue weighted by molar-refractivity contribution is 5.87. The molecule has 1 aromatic rings. The van der Waals surface area contributed by atoms with E-state index in [1.54, 1.807) is 12.1 Å². The van der Waals surface area contributed by atoms with Crippen molar-refractivity contribution in [1.29, 1.82) is 0 Å². The summed E-state index contributed by atoms with van der Waals surface area (Å²) in [6, 6.07) is 6.94. The first-order valence-corrected chi connectivity index (χ1v) is 12.0. The number of aromatic carboxylic acids is 1. The fourth-order valence-electron chi connectivity index (χ4n) is 7.05. The molecule has 0 radical (unpaired) electrons. The standard InChI is InChI=1S/C25H33N3O4/c29-22(14-25-11-18-9-20(12-25)21(10-18)13-25)26-15-23(30)28-7-5-27(6-8-28)16-17-1-3-19(4-2-17)24(31)32/h1-4,18,20-21H,5-16H2,(H,26,29)(H,31,32). The second-order valence-corrected chi connectivity index (χ2v) is 10.6. The minimum Gasteiger partial charge on any atom is -0.478 e. The van der Waals surface area contributed by atoms with Gasteiger partial charge in [0.05, 0.1) is 12.1 Å². The normalized spacial score (nSPS) is 31.1. The summed E-state index contributed by atoms with van der Waals surface area (Å²) in [6.45, 7) is 3.68. The van der Waals surface area contributed by atoms with Gasteiger partial charge in [-0.2, -0.15) is 0 Å². The van der Waals surface area contributed by atoms with Crippen LogP contribution in [0.15, 0.2) is 24.3 Å². The van der Waals surface area contributed by atoms with Gasteiger partial charge in [-0.3, -0.25) is 14.5 Å². The molecule has 4 saturated carbocycles. The Morgan fingerprint density at radius 2 is 1.62 bits per heavy atom. The predicted octanol–water partition coefficient (Wildman–Crippen LogP) is 2.36. The third kappa shape index (κ3) is 4.40. The zero-order chi connectivity index (χ0) is 22.3. The fraction of sp³-hybridized carbons (Fsp3) is 0.640. The number of piperazine rings is 1. The van der Waals surface area contributed by atoms with Crippen LogP contribution in [0.2, 0.25) is 0 Å². The van der Waals surface area contributed by atoms with E-state index >= 15 is 0 Å². The SMILES string of the molecule is O=C(CC12CC3CC(C1)C(C3)C2)NCC(=O)N1CCN(Cc2ccc(C(=O)O)cc2)CC1. The van der Waals surface area contributed by atoms with Crippen molar-refractivity contribution in [2.24, 2.45) is 23.2 Å². The minimum absolute atomic E-state index is 0.00268. The van der Waals surface area contributed by atoms with Crippen molar-refractivity contribution in [2.45, 2.75) is 45.1 Å². The number of hydrogen-bond acceptors (Lipinski definition) is 4. The van der Waals surface area contributed by atoms with Crippen LogP contribution in [0.3, 0.4) is 0 Å². The summed E-state index contributed by atoms with van der Waals surface area (Å²) in [5, 5.41) is 11.9. The molecule has 32 heavy (non-hydrogen) atoms. The number of rotatable bonds is 7. The van der Waals surface area contributed by atoms with Crippen LogP contribution in [0.5, 0.6) is 0 Å². The molecule has 5 aliphatic rings. The lowest BCUT2D eigenvalue weighted by atomic mass is 9.67. The smallest absolute Gasteiger partial charge is 0.335 e. The van der Waals surface area contributed by atoms with Crippen molar-refractivity contribution in [1.82, 2.24) is 15.1 Å². The topological polar surface area (TPSA) is 90.0 Å². The first-order chi connectivity index (χ1) is 15.4. The Morgan fingerprint density at radius 3 is 2.22 bits per heavy atom. The number of carbonyl (C=O) groups excluding carboxylic acids is 2. The van der Waals surface area contributed by atoms with Crippen molar-refractivity contribution in [2.75, 3.05) is 32.7 Å². The number of carbonyl (C=O) groups is 3. The summed E-state index contributed by atoms with van der Waals surface area (Å²) in [7, 11) is 0. The van der Waals surface area contributed by atoms with E-state index < -0.39 is 5.97 Å². The van der Waals surface area contributed by atoms with Crippen molar-refractivity contribution < 1.29 is 19.5 Å². The molecular formula is C25H33N3O4. The summed E-state index contributed by atoms with van der Waals surface area (Å²) >= 11 is 0. The quantitative estimate of drug-likeness (QED) is 0.681. The van der Waals surface area contributed by atoms with E-state index in [0.29, 0.717) is 25.1 Å². The first kappa shape index (κ1) is 21.4. The third-order valence-corrected chi connectivity index (χ3v) is 8.36. The van der Waals surface area contributed by atoms with Gasteiger partial charge in [-0.05, 0) is 73.0 Å². The molecule has 1 aliphatic heterocycles. The molecule has 0 aromatic heterocycles. The summed E-state index contributed by atoms with van der Waals surface area (Å²) in [5.41, 5.74) is 1.58. The molecule has 4 bridgehead atoms. The number of amides is 2. The Morgan fingerprint density at radius 1 is 0.969 bits per heavy atom. The summed E-state index contributed by atoms with van der Waals surface area (Å²) in [5.74, 6) is 1.68. The monoisotopic (exact) mass is 439 g/mol. The molecule has 5 fully saturated rings. The van der Waals surface area contributed by atoms with E-state index in [2.05, 4.69) is 10.2 Å². The van der Waals surface area contributed by atoms with E-state index in [-0.39, 0.29) is 23.8 Å². The zero-order valence-electron chi connectivity index (χ0n) is 18.6. The average Bonchev–Trinajstić information content (AvgIpc) is 3.18. The van der Waals surface area contributed by atoms with Gasteiger partial charge in [0.2, 0.25) is 11.8 Å². The van der Waals surface area contributed by atoms with Crippen LogP contribution < -0.4 is 5.32 Å². The first-order valence-electron chi connectivity index (χ1n) is 12.0. The molecule has 2 N–H and O–H groups in total. The zero-order valence-corrected chi connectivity index (χ0v) is 18.6. The van der Waals surface area contributed by atoms with E-state index in [9.17, 15) is 14.4 Å². The van der Waals surface area contributed by atoms with Gasteiger partial charge >= 0.3 is 5.97 Å². The molecule has 172 valence electrons. The highest BCUT2D eigenvalue weighted by Crippen LogP contribution is 2.65. The molecule has 7 nitrogen and oxygen atoms in total. The largest absolute Gasteiger partial charge is 0.478 e. The van der Waals surface area contributed by atoms with Gasteiger partial charge in [0.15, 0.2) is 0 Å². The molecule has 2 atom stereocenters. The highest BCUT2D eigenvalue weighted by Gasteiger charge is 2.56. The molecule has 7 heteroatoms. The molecule has 2 amide bonds. The van der Waals surface area contributed by atoms with E-state index in [1.807, 2.05) is 17.0 Å². The molecular weight excluding hydrogens is 406 g/mol. The molecule has 4 aliphatic carbocycles. The number of carboxylic acid groups (broad SMARTS) is 1. The summed E-state index contributed by atoms with van der Waals surface area (Å²) in [6.07, 6.45) is 7.01. The minimum atomic E-state index is -0.918. The lowest BCUT2D eigenvalue weighted by Gasteiger charge is -2.38. The molecule has 2 unspecified atom stereocenters. The number of nitrogens with one attached hydrogen (secondary N) is 1. The van der Waals surface area contributed by atoms with Gasteiger partial charge < -0.3 is 15.3 Å². The average molecular weight is 440 g/mol. The van der Waals surface area contributed by atoms with Crippen LogP contribution in [0, 0.1) is 23.2 Å². The van der Waals surface area contributed by atoms with E-state index in [0.717, 1.165) is 43.0 Å². The molecule has 1 aromatic carbocycles. The van der Waals surface area contributed by atoms with Gasteiger partial charge in [-0.25, -0.2) is 4.79 Å². The Kier molecular flexibility index (Phi) is 5.70. The van der Waals surface area contributed by atoms with Gasteiger partial charge in [-0.15, -0.1) is 0 Å². The van der Waals surface area contributed by atoms with Gasteiger partial charge in [0.25, 0.3) is 0 Å². The van der Waals surface area contributed by atoms with Gasteiger partial charge in [0.1, 0.15) is 0 Å². The lowest BCUT2D eigenvalue weighted by Crippen LogP contribution is -2.51. The van der Waals surface area contributed by atoms with Crippen LogP contribution in [0.4, 0.5) is 0 Å². The maximum atomic E-state index is 12.6. The Bertz CT molecular complexity index is 871. The third-order valence-electron chi connectivity index (χ3n) is 8.36. The number of nitrogens with zero attached hydrogens (tertiary/aromatic N) is 2. The van der Waals surface area contributed by atoms with E-state index in [4.69, 9.17) is 5.11 Å². The molecule has 1 saturated heterocycles. The van der Waals surface area contributed by atoms with Crippen molar-refractivity contribution in [3.8, 4) is 0 Å². The second kappa shape index (κ2) is 8.50. The Labute approximate surface area is 189 Å². The summed E-state index contributed by atoms with van der Waals surface area (Å²) in [4.78, 5) is 40.3. The van der Waals surface area contributed by atoms with Crippen LogP contribution >= 0.6 is 0 Å². The van der Waals surface area contributed by atoms with Crippen molar-refractivity contribution >= 4 is 17.8 Å². The van der Waals surface area contributed by atoms with Gasteiger partial charge in [-0.1, -0.05) is 12.1 Å². The van der Waals surface area contributed by atoms with Crippen LogP contribution in [-0.4, -0.2) is 65.4 Å². The molecule has 0 spiro atoms. The molecule has 1 heterocycles. The fourth-order valence-corrected chi connectivity index (χ4v) is 7.05. The Balaban J connectivity index is 1.03. The van der Waals surface area contributed by atoms with Crippen molar-refractivity contribution in [3.63, 3.8) is 0 Å². The Hall–Kier alpha value is -2.41. The summed E-state index contributed by atoms with van der Waals surface area (Å²) < 4.78 is 0. The van der Waals surface area contributed by atoms with Crippen LogP contribution in [0.25, 0.3) is 0 Å². The maximum absolute atomic E-state index is 12.6. The molecule has 6 rings (SSSR count). The van der Waals surface area contributed by atoms with Gasteiger partial charge in [0, 0.05) is 39.1 Å². The predicted molar refractivity (Wildman–Crippen MR) is 119 cm³/mol. The second-order valence-electron chi connectivity index (χ2n) is 10.6. The maximum Gasteiger partial charge on any atom is 0.335 e. The van der Waals surface area contributed by atoms with Crippen LogP contribution in [0.1, 0.15) is 54.4 Å². The number of hydrogen-bond donors (Lipinski definition) is 2. The van der Waals surface area contributed by atoms with Crippen LogP contribution in [-0.2, 0) is 16.1 Å². The van der Waals surface area contributed by atoms with Crippen molar-refractivity contribution in [3.05, 3.63) is 35.4 Å². The number of benzene rings is 1.